The molecule has 0 bridgehead atoms. The van der Waals surface area contributed by atoms with Crippen molar-refractivity contribution in [1.82, 2.24) is 5.32 Å². The number of rotatable bonds is 6. The first-order chi connectivity index (χ1) is 13.7. The van der Waals surface area contributed by atoms with Crippen molar-refractivity contribution >= 4 is 5.91 Å². The van der Waals surface area contributed by atoms with Gasteiger partial charge in [0.15, 0.2) is 0 Å². The van der Waals surface area contributed by atoms with Gasteiger partial charge in [0.05, 0.1) is 0 Å². The molecular formula is C24H22FNO2. The summed E-state index contributed by atoms with van der Waals surface area (Å²) in [6, 6.07) is 19.8. The van der Waals surface area contributed by atoms with Gasteiger partial charge in [-0.05, 0) is 77.9 Å². The molecule has 3 aromatic rings. The molecule has 0 saturated heterocycles. The van der Waals surface area contributed by atoms with E-state index in [1.54, 1.807) is 24.3 Å². The summed E-state index contributed by atoms with van der Waals surface area (Å²) in [4.78, 5) is 12.3. The van der Waals surface area contributed by atoms with E-state index in [0.717, 1.165) is 23.3 Å². The van der Waals surface area contributed by atoms with Gasteiger partial charge in [0.2, 0.25) is 0 Å². The Kier molecular flexibility index (Phi) is 5.38. The molecule has 28 heavy (non-hydrogen) atoms. The summed E-state index contributed by atoms with van der Waals surface area (Å²) in [7, 11) is 0. The molecule has 4 rings (SSSR count). The molecule has 1 aliphatic rings. The van der Waals surface area contributed by atoms with E-state index < -0.39 is 0 Å². The lowest BCUT2D eigenvalue weighted by atomic mass is 10.1. The monoisotopic (exact) mass is 375 g/mol. The molecule has 1 amide bonds. The molecule has 0 spiro atoms. The first-order valence-electron chi connectivity index (χ1n) is 9.53. The van der Waals surface area contributed by atoms with Crippen LogP contribution in [0.4, 0.5) is 4.39 Å². The Morgan fingerprint density at radius 3 is 2.39 bits per heavy atom. The summed E-state index contributed by atoms with van der Waals surface area (Å²) in [5.41, 5.74) is 5.28. The lowest BCUT2D eigenvalue weighted by Gasteiger charge is -2.09. The number of carbonyl (C=O) groups excluding carboxylic acids is 1. The number of aryl methyl sites for hydroxylation is 2. The van der Waals surface area contributed by atoms with Crippen molar-refractivity contribution in [3.05, 3.63) is 100 Å². The second-order valence-electron chi connectivity index (χ2n) is 7.08. The molecule has 3 aromatic carbocycles. The van der Waals surface area contributed by atoms with Crippen molar-refractivity contribution in [3.63, 3.8) is 0 Å². The van der Waals surface area contributed by atoms with Crippen LogP contribution in [-0.2, 0) is 26.0 Å². The van der Waals surface area contributed by atoms with Crippen LogP contribution in [0.3, 0.4) is 0 Å². The number of nitrogens with one attached hydrogen (secondary N) is 1. The molecule has 4 heteroatoms. The van der Waals surface area contributed by atoms with Crippen molar-refractivity contribution in [2.75, 3.05) is 0 Å². The molecule has 0 aliphatic heterocycles. The molecule has 0 atom stereocenters. The molecule has 0 aromatic heterocycles. The maximum absolute atomic E-state index is 12.9. The third kappa shape index (κ3) is 4.39. The highest BCUT2D eigenvalue weighted by Crippen LogP contribution is 2.26. The number of halogens is 1. The summed E-state index contributed by atoms with van der Waals surface area (Å²) >= 11 is 0. The number of hydrogen-bond acceptors (Lipinski definition) is 2. The van der Waals surface area contributed by atoms with E-state index in [9.17, 15) is 9.18 Å². The van der Waals surface area contributed by atoms with Gasteiger partial charge >= 0.3 is 0 Å². The van der Waals surface area contributed by atoms with E-state index in [1.165, 1.54) is 36.1 Å². The van der Waals surface area contributed by atoms with Crippen LogP contribution in [0.25, 0.3) is 0 Å². The van der Waals surface area contributed by atoms with Crippen LogP contribution in [0, 0.1) is 5.82 Å². The van der Waals surface area contributed by atoms with E-state index >= 15 is 0 Å². The zero-order valence-corrected chi connectivity index (χ0v) is 15.6. The molecule has 142 valence electrons. The van der Waals surface area contributed by atoms with Crippen LogP contribution in [0.15, 0.2) is 66.7 Å². The highest BCUT2D eigenvalue weighted by molar-refractivity contribution is 5.94. The van der Waals surface area contributed by atoms with Crippen LogP contribution >= 0.6 is 0 Å². The molecule has 0 heterocycles. The SMILES string of the molecule is O=C(NCc1ccc(F)cc1)c1ccc(COc2ccc3c(c2)CCC3)cc1. The lowest BCUT2D eigenvalue weighted by Crippen LogP contribution is -2.22. The first-order valence-corrected chi connectivity index (χ1v) is 9.53. The number of carbonyl (C=O) groups is 1. The molecule has 1 aliphatic carbocycles. The fraction of sp³-hybridized carbons (Fsp3) is 0.208. The average molecular weight is 375 g/mol. The molecule has 0 unspecified atom stereocenters. The van der Waals surface area contributed by atoms with Gasteiger partial charge in [-0.15, -0.1) is 0 Å². The van der Waals surface area contributed by atoms with E-state index in [4.69, 9.17) is 4.74 Å². The van der Waals surface area contributed by atoms with Crippen molar-refractivity contribution < 1.29 is 13.9 Å². The van der Waals surface area contributed by atoms with Crippen LogP contribution in [0.1, 0.15) is 39.0 Å². The summed E-state index contributed by atoms with van der Waals surface area (Å²) < 4.78 is 18.8. The predicted octanol–water partition coefficient (Wildman–Crippen LogP) is 4.82. The van der Waals surface area contributed by atoms with Crippen molar-refractivity contribution in [2.24, 2.45) is 0 Å². The van der Waals surface area contributed by atoms with Gasteiger partial charge in [0, 0.05) is 12.1 Å². The fourth-order valence-electron chi connectivity index (χ4n) is 3.44. The number of hydrogen-bond donors (Lipinski definition) is 1. The fourth-order valence-corrected chi connectivity index (χ4v) is 3.44. The van der Waals surface area contributed by atoms with E-state index in [0.29, 0.717) is 18.7 Å². The highest BCUT2D eigenvalue weighted by Gasteiger charge is 2.11. The summed E-state index contributed by atoms with van der Waals surface area (Å²) in [5, 5.41) is 2.84. The topological polar surface area (TPSA) is 38.3 Å². The van der Waals surface area contributed by atoms with Gasteiger partial charge in [-0.1, -0.05) is 30.3 Å². The number of fused-ring (bicyclic) bond motifs is 1. The quantitative estimate of drug-likeness (QED) is 0.671. The molecule has 1 N–H and O–H groups in total. The predicted molar refractivity (Wildman–Crippen MR) is 107 cm³/mol. The lowest BCUT2D eigenvalue weighted by molar-refractivity contribution is 0.0951. The minimum atomic E-state index is -0.284. The number of ether oxygens (including phenoxy) is 1. The van der Waals surface area contributed by atoms with Gasteiger partial charge in [0.1, 0.15) is 18.2 Å². The Labute approximate surface area is 164 Å². The van der Waals surface area contributed by atoms with E-state index in [1.807, 2.05) is 18.2 Å². The van der Waals surface area contributed by atoms with Crippen LogP contribution < -0.4 is 10.1 Å². The molecular weight excluding hydrogens is 353 g/mol. The normalized spacial score (nSPS) is 12.5. The maximum Gasteiger partial charge on any atom is 0.251 e. The molecule has 3 nitrogen and oxygen atoms in total. The maximum atomic E-state index is 12.9. The van der Waals surface area contributed by atoms with Gasteiger partial charge in [0.25, 0.3) is 5.91 Å². The zero-order valence-electron chi connectivity index (χ0n) is 15.6. The van der Waals surface area contributed by atoms with E-state index in [2.05, 4.69) is 17.4 Å². The molecule has 0 saturated carbocycles. The Morgan fingerprint density at radius 1 is 0.893 bits per heavy atom. The third-order valence-electron chi connectivity index (χ3n) is 5.06. The average Bonchev–Trinajstić information content (AvgIpc) is 3.20. The molecule has 0 fully saturated rings. The van der Waals surface area contributed by atoms with Gasteiger partial charge < -0.3 is 10.1 Å². The largest absolute Gasteiger partial charge is 0.489 e. The van der Waals surface area contributed by atoms with E-state index in [-0.39, 0.29) is 11.7 Å². The standard InChI is InChI=1S/C24H22FNO2/c25-22-11-6-17(7-12-22)15-26-24(27)20-8-4-18(5-9-20)16-28-23-13-10-19-2-1-3-21(19)14-23/h4-14H,1-3,15-16H2,(H,26,27). The van der Waals surface area contributed by atoms with Crippen LogP contribution in [0.2, 0.25) is 0 Å². The summed E-state index contributed by atoms with van der Waals surface area (Å²) in [6.07, 6.45) is 3.53. The van der Waals surface area contributed by atoms with Gasteiger partial charge in [-0.3, -0.25) is 4.79 Å². The Hall–Kier alpha value is -3.14. The highest BCUT2D eigenvalue weighted by atomic mass is 19.1. The number of benzene rings is 3. The Morgan fingerprint density at radius 2 is 1.61 bits per heavy atom. The van der Waals surface area contributed by atoms with Crippen molar-refractivity contribution in [3.8, 4) is 5.75 Å². The van der Waals surface area contributed by atoms with Crippen molar-refractivity contribution in [1.29, 1.82) is 0 Å². The molecule has 0 radical (unpaired) electrons. The van der Waals surface area contributed by atoms with Crippen LogP contribution in [0.5, 0.6) is 5.75 Å². The summed E-state index contributed by atoms with van der Waals surface area (Å²) in [5.74, 6) is 0.449. The summed E-state index contributed by atoms with van der Waals surface area (Å²) in [6.45, 7) is 0.832. The van der Waals surface area contributed by atoms with Gasteiger partial charge in [-0.2, -0.15) is 0 Å². The van der Waals surface area contributed by atoms with Crippen molar-refractivity contribution in [2.45, 2.75) is 32.4 Å². The van der Waals surface area contributed by atoms with Crippen LogP contribution in [-0.4, -0.2) is 5.91 Å². The zero-order chi connectivity index (χ0) is 19.3. The Balaban J connectivity index is 1.30. The van der Waals surface area contributed by atoms with Gasteiger partial charge in [-0.25, -0.2) is 4.39 Å². The second kappa shape index (κ2) is 8.26. The smallest absolute Gasteiger partial charge is 0.251 e. The minimum absolute atomic E-state index is 0.157. The third-order valence-corrected chi connectivity index (χ3v) is 5.06. The Bertz CT molecular complexity index is 965. The minimum Gasteiger partial charge on any atom is -0.489 e. The first kappa shape index (κ1) is 18.2. The second-order valence-corrected chi connectivity index (χ2v) is 7.08. The number of amides is 1.